The molecule has 0 amide bonds. The minimum absolute atomic E-state index is 0.185. The van der Waals surface area contributed by atoms with E-state index in [1.807, 2.05) is 0 Å². The van der Waals surface area contributed by atoms with Crippen molar-refractivity contribution in [2.24, 2.45) is 11.3 Å². The molecule has 1 aliphatic rings. The lowest BCUT2D eigenvalue weighted by Gasteiger charge is -2.23. The van der Waals surface area contributed by atoms with Crippen LogP contribution in [0.1, 0.15) is 62.6 Å². The van der Waals surface area contributed by atoms with Gasteiger partial charge in [-0.1, -0.05) is 45.9 Å². The van der Waals surface area contributed by atoms with Gasteiger partial charge in [0.25, 0.3) is 0 Å². The second kappa shape index (κ2) is 5.25. The molecule has 1 atom stereocenters. The summed E-state index contributed by atoms with van der Waals surface area (Å²) in [5.41, 5.74) is 4.66. The lowest BCUT2D eigenvalue weighted by molar-refractivity contribution is 0.313. The molecule has 0 radical (unpaired) electrons. The average molecular weight is 265 g/mol. The molecule has 0 saturated heterocycles. The van der Waals surface area contributed by atoms with E-state index < -0.39 is 0 Å². The van der Waals surface area contributed by atoms with Crippen LogP contribution in [0.4, 0.5) is 0 Å². The topological polar surface area (TPSA) is 0 Å². The first-order valence-electron chi connectivity index (χ1n) is 7.13. The van der Waals surface area contributed by atoms with Crippen molar-refractivity contribution in [2.45, 2.75) is 58.8 Å². The first kappa shape index (κ1) is 13.9. The van der Waals surface area contributed by atoms with Crippen LogP contribution in [0.3, 0.4) is 0 Å². The molecule has 0 nitrogen and oxygen atoms in total. The molecule has 0 aliphatic heterocycles. The molecule has 100 valence electrons. The van der Waals surface area contributed by atoms with Crippen LogP contribution >= 0.6 is 11.6 Å². The van der Waals surface area contributed by atoms with Crippen molar-refractivity contribution in [2.75, 3.05) is 0 Å². The van der Waals surface area contributed by atoms with Crippen LogP contribution in [-0.2, 0) is 12.8 Å². The van der Waals surface area contributed by atoms with Gasteiger partial charge in [-0.15, -0.1) is 11.6 Å². The quantitative estimate of drug-likeness (QED) is 0.487. The lowest BCUT2D eigenvalue weighted by Crippen LogP contribution is -2.11. The molecular formula is C17H25Cl. The second-order valence-corrected chi connectivity index (χ2v) is 7.49. The van der Waals surface area contributed by atoms with E-state index in [2.05, 4.69) is 45.9 Å². The van der Waals surface area contributed by atoms with Gasteiger partial charge in [0.1, 0.15) is 0 Å². The molecule has 1 heteroatoms. The van der Waals surface area contributed by atoms with Gasteiger partial charge in [-0.3, -0.25) is 0 Å². The molecule has 0 N–H and O–H groups in total. The van der Waals surface area contributed by atoms with Crippen LogP contribution in [0.5, 0.6) is 0 Å². The third-order valence-corrected chi connectivity index (χ3v) is 4.38. The lowest BCUT2D eigenvalue weighted by atomic mass is 9.84. The summed E-state index contributed by atoms with van der Waals surface area (Å²) in [5.74, 6) is 0.707. The molecule has 1 aromatic rings. The molecule has 0 aromatic heterocycles. The van der Waals surface area contributed by atoms with Crippen molar-refractivity contribution in [3.63, 3.8) is 0 Å². The maximum absolute atomic E-state index is 6.64. The van der Waals surface area contributed by atoms with Crippen molar-refractivity contribution in [3.8, 4) is 0 Å². The number of aryl methyl sites for hydroxylation is 1. The number of hydrogen-bond donors (Lipinski definition) is 0. The summed E-state index contributed by atoms with van der Waals surface area (Å²) in [6.07, 6.45) is 4.66. The fraction of sp³-hybridized carbons (Fsp3) is 0.647. The molecule has 0 bridgehead atoms. The van der Waals surface area contributed by atoms with Crippen molar-refractivity contribution >= 4 is 11.6 Å². The minimum atomic E-state index is 0.185. The van der Waals surface area contributed by atoms with Gasteiger partial charge in [0.05, 0.1) is 5.38 Å². The summed E-state index contributed by atoms with van der Waals surface area (Å²) in [6, 6.07) is 6.96. The average Bonchev–Trinajstić information content (AvgIpc) is 2.35. The van der Waals surface area contributed by atoms with Crippen molar-refractivity contribution < 1.29 is 0 Å². The Balaban J connectivity index is 2.29. The number of rotatable bonds is 2. The van der Waals surface area contributed by atoms with E-state index in [0.29, 0.717) is 11.3 Å². The normalized spacial score (nSPS) is 22.7. The van der Waals surface area contributed by atoms with Gasteiger partial charge in [0.15, 0.2) is 0 Å². The maximum atomic E-state index is 6.64. The van der Waals surface area contributed by atoms with E-state index in [0.717, 1.165) is 12.8 Å². The summed E-state index contributed by atoms with van der Waals surface area (Å²) in [5, 5.41) is 0.185. The molecule has 0 saturated carbocycles. The Hall–Kier alpha value is -0.490. The molecule has 18 heavy (non-hydrogen) atoms. The minimum Gasteiger partial charge on any atom is -0.118 e. The van der Waals surface area contributed by atoms with Crippen LogP contribution in [0.25, 0.3) is 0 Å². The summed E-state index contributed by atoms with van der Waals surface area (Å²) in [4.78, 5) is 0. The Morgan fingerprint density at radius 3 is 2.72 bits per heavy atom. The highest BCUT2D eigenvalue weighted by Crippen LogP contribution is 2.42. The van der Waals surface area contributed by atoms with Gasteiger partial charge in [-0.2, -0.15) is 0 Å². The van der Waals surface area contributed by atoms with Crippen LogP contribution in [0, 0.1) is 11.3 Å². The monoisotopic (exact) mass is 264 g/mol. The molecule has 1 unspecified atom stereocenters. The fourth-order valence-electron chi connectivity index (χ4n) is 2.93. The fourth-order valence-corrected chi connectivity index (χ4v) is 3.55. The number of fused-ring (bicyclic) bond motifs is 1. The Bertz CT molecular complexity index is 418. The van der Waals surface area contributed by atoms with Gasteiger partial charge in [-0.25, -0.2) is 0 Å². The zero-order chi connectivity index (χ0) is 13.3. The molecule has 0 fully saturated rings. The Kier molecular flexibility index (Phi) is 4.06. The predicted molar refractivity (Wildman–Crippen MR) is 80.3 cm³/mol. The SMILES string of the molecule is CC(C)Cc1ccc2c(c1)C(Cl)CC(C)(C)CC2. The highest BCUT2D eigenvalue weighted by Gasteiger charge is 2.28. The van der Waals surface area contributed by atoms with Gasteiger partial charge < -0.3 is 0 Å². The highest BCUT2D eigenvalue weighted by atomic mass is 35.5. The molecule has 1 aliphatic carbocycles. The zero-order valence-corrected chi connectivity index (χ0v) is 12.8. The van der Waals surface area contributed by atoms with E-state index in [9.17, 15) is 0 Å². The van der Waals surface area contributed by atoms with Crippen LogP contribution < -0.4 is 0 Å². The molecule has 0 heterocycles. The number of alkyl halides is 1. The summed E-state index contributed by atoms with van der Waals surface area (Å²) < 4.78 is 0. The third kappa shape index (κ3) is 3.29. The standard InChI is InChI=1S/C17H25Cl/c1-12(2)9-13-5-6-14-7-8-17(3,4)11-16(18)15(14)10-13/h5-6,10,12,16H,7-9,11H2,1-4H3. The molecule has 1 aromatic carbocycles. The van der Waals surface area contributed by atoms with Crippen LogP contribution in [0.15, 0.2) is 18.2 Å². The summed E-state index contributed by atoms with van der Waals surface area (Å²) >= 11 is 6.64. The Morgan fingerprint density at radius 2 is 2.06 bits per heavy atom. The maximum Gasteiger partial charge on any atom is 0.0593 e. The summed E-state index contributed by atoms with van der Waals surface area (Å²) in [7, 11) is 0. The predicted octanol–water partition coefficient (Wildman–Crippen LogP) is 5.53. The molecular weight excluding hydrogens is 240 g/mol. The van der Waals surface area contributed by atoms with Gasteiger partial charge >= 0.3 is 0 Å². The smallest absolute Gasteiger partial charge is 0.0593 e. The number of benzene rings is 1. The van der Waals surface area contributed by atoms with Crippen molar-refractivity contribution in [1.29, 1.82) is 0 Å². The second-order valence-electron chi connectivity index (χ2n) is 6.97. The first-order valence-corrected chi connectivity index (χ1v) is 7.57. The van der Waals surface area contributed by atoms with Gasteiger partial charge in [-0.05, 0) is 53.7 Å². The van der Waals surface area contributed by atoms with Gasteiger partial charge in [0, 0.05) is 0 Å². The zero-order valence-electron chi connectivity index (χ0n) is 12.1. The van der Waals surface area contributed by atoms with E-state index in [-0.39, 0.29) is 5.38 Å². The van der Waals surface area contributed by atoms with E-state index >= 15 is 0 Å². The van der Waals surface area contributed by atoms with E-state index in [4.69, 9.17) is 11.6 Å². The van der Waals surface area contributed by atoms with Crippen molar-refractivity contribution in [1.82, 2.24) is 0 Å². The molecule has 0 spiro atoms. The van der Waals surface area contributed by atoms with Crippen LogP contribution in [0.2, 0.25) is 0 Å². The molecule has 2 rings (SSSR count). The largest absolute Gasteiger partial charge is 0.118 e. The van der Waals surface area contributed by atoms with Crippen molar-refractivity contribution in [3.05, 3.63) is 34.9 Å². The first-order chi connectivity index (χ1) is 8.37. The Morgan fingerprint density at radius 1 is 1.33 bits per heavy atom. The third-order valence-electron chi connectivity index (χ3n) is 3.99. The van der Waals surface area contributed by atoms with Gasteiger partial charge in [0.2, 0.25) is 0 Å². The van der Waals surface area contributed by atoms with Crippen LogP contribution in [-0.4, -0.2) is 0 Å². The van der Waals surface area contributed by atoms with E-state index in [1.165, 1.54) is 29.5 Å². The highest BCUT2D eigenvalue weighted by molar-refractivity contribution is 6.21. The van der Waals surface area contributed by atoms with E-state index in [1.54, 1.807) is 0 Å². The number of halogens is 1. The summed E-state index contributed by atoms with van der Waals surface area (Å²) in [6.45, 7) is 9.21. The number of hydrogen-bond acceptors (Lipinski definition) is 0. The Labute approximate surface area is 117 Å².